The number of carbonyl (C=O) groups excluding carboxylic acids is 3. The molecular weight excluding hydrogens is 625 g/mol. The Morgan fingerprint density at radius 1 is 1.13 bits per heavy atom. The van der Waals surface area contributed by atoms with E-state index in [0.29, 0.717) is 28.5 Å². The smallest absolute Gasteiger partial charge is 0.408 e. The molecule has 0 spiro atoms. The molecule has 2 fully saturated rings. The Morgan fingerprint density at radius 2 is 1.87 bits per heavy atom. The van der Waals surface area contributed by atoms with E-state index in [2.05, 4.69) is 26.0 Å². The van der Waals surface area contributed by atoms with Gasteiger partial charge in [0.2, 0.25) is 17.6 Å². The summed E-state index contributed by atoms with van der Waals surface area (Å²) in [4.78, 5) is 55.8. The van der Waals surface area contributed by atoms with E-state index >= 15 is 0 Å². The zero-order valence-electron chi connectivity index (χ0n) is 25.3. The van der Waals surface area contributed by atoms with Gasteiger partial charge in [-0.15, -0.1) is 10.2 Å². The summed E-state index contributed by atoms with van der Waals surface area (Å²) in [5.41, 5.74) is -1.69. The molecule has 3 aliphatic rings. The number of fused-ring (bicyclic) bond motifs is 2. The van der Waals surface area contributed by atoms with Crippen molar-refractivity contribution < 1.29 is 29.0 Å². The van der Waals surface area contributed by atoms with Crippen LogP contribution < -0.4 is 10.6 Å². The minimum absolute atomic E-state index is 0.0267. The molecule has 1 saturated heterocycles. The number of carbonyl (C=O) groups is 4. The topological polar surface area (TPSA) is 169 Å². The van der Waals surface area contributed by atoms with Gasteiger partial charge in [-0.2, -0.15) is 4.80 Å². The van der Waals surface area contributed by atoms with Gasteiger partial charge in [0.15, 0.2) is 0 Å². The Bertz CT molecular complexity index is 1490. The van der Waals surface area contributed by atoms with Crippen molar-refractivity contribution in [1.82, 2.24) is 35.7 Å². The number of amides is 3. The number of ether oxygens (including phenoxy) is 1. The van der Waals surface area contributed by atoms with Crippen molar-refractivity contribution in [1.29, 1.82) is 0 Å². The molecule has 3 N–H and O–H groups in total. The quantitative estimate of drug-likeness (QED) is 0.407. The van der Waals surface area contributed by atoms with E-state index in [0.717, 1.165) is 19.3 Å². The van der Waals surface area contributed by atoms with Gasteiger partial charge in [0.1, 0.15) is 23.2 Å². The fourth-order valence-electron chi connectivity index (χ4n) is 5.87. The van der Waals surface area contributed by atoms with Crippen LogP contribution in [-0.4, -0.2) is 83.9 Å². The van der Waals surface area contributed by atoms with Gasteiger partial charge in [0, 0.05) is 34.5 Å². The van der Waals surface area contributed by atoms with Crippen LogP contribution in [0.25, 0.3) is 11.4 Å². The maximum atomic E-state index is 14.1. The van der Waals surface area contributed by atoms with Gasteiger partial charge in [-0.1, -0.05) is 48.2 Å². The highest BCUT2D eigenvalue weighted by Crippen LogP contribution is 2.45. The van der Waals surface area contributed by atoms with Crippen molar-refractivity contribution in [2.75, 3.05) is 6.54 Å². The van der Waals surface area contributed by atoms with Crippen LogP contribution in [0.15, 0.2) is 30.4 Å². The Kier molecular flexibility index (Phi) is 9.41. The molecule has 1 aliphatic carbocycles. The number of carboxylic acid groups (broad SMARTS) is 1. The molecule has 5 atom stereocenters. The number of carboxylic acids is 1. The Hall–Kier alpha value is -3.71. The lowest BCUT2D eigenvalue weighted by molar-refractivity contribution is -0.145. The zero-order valence-corrected chi connectivity index (χ0v) is 26.8. The highest BCUT2D eigenvalue weighted by molar-refractivity contribution is 6.35. The van der Waals surface area contributed by atoms with Crippen molar-refractivity contribution in [2.24, 2.45) is 5.92 Å². The number of allylic oxidation sites excluding steroid dienone is 1. The number of aliphatic carboxylic acids is 1. The molecule has 1 saturated carbocycles. The standard InChI is InChI=1S/C30H37Cl2N7O6/c1-29(2,3)45-28(44)33-22-10-8-6-4-5-7-9-18-15-30(18,27(42)43)34-25(40)23-14-21(16-38(23)26(22)41)39-36-24(35-37-39)17-11-19(31)13-20(32)12-17/h7,9,11-13,18,21-23H,4-6,8,10,14-16H2,1-3H3,(H,33,44)(H,34,40)(H,42,43)/b9-7-/t18-,21-,22+,23-,30-/m0/s1. The molecule has 5 rings (SSSR count). The second-order valence-electron chi connectivity index (χ2n) is 12.8. The van der Waals surface area contributed by atoms with E-state index in [-0.39, 0.29) is 31.1 Å². The van der Waals surface area contributed by atoms with Gasteiger partial charge in [0.05, 0.1) is 6.04 Å². The van der Waals surface area contributed by atoms with E-state index in [1.54, 1.807) is 39.0 Å². The number of aromatic nitrogens is 4. The monoisotopic (exact) mass is 661 g/mol. The SMILES string of the molecule is CC(C)(C)OC(=O)N[C@@H]1CCCCC/C=C\[C@H]2C[C@]2(C(=O)O)NC(=O)[C@@H]2C[C@H](n3nnc(-c4cc(Cl)cc(Cl)c4)n3)CN2C1=O. The van der Waals surface area contributed by atoms with Crippen molar-refractivity contribution >= 4 is 47.1 Å². The van der Waals surface area contributed by atoms with Crippen LogP contribution in [0.4, 0.5) is 4.79 Å². The first kappa shape index (κ1) is 32.7. The first-order valence-electron chi connectivity index (χ1n) is 15.0. The molecule has 15 heteroatoms. The Morgan fingerprint density at radius 3 is 2.56 bits per heavy atom. The molecule has 0 bridgehead atoms. The number of hydrogen-bond donors (Lipinski definition) is 3. The van der Waals surface area contributed by atoms with Gasteiger partial charge in [0.25, 0.3) is 0 Å². The van der Waals surface area contributed by atoms with Crippen molar-refractivity contribution in [3.63, 3.8) is 0 Å². The molecule has 3 amide bonds. The summed E-state index contributed by atoms with van der Waals surface area (Å²) in [5, 5.41) is 29.1. The largest absolute Gasteiger partial charge is 0.479 e. The third-order valence-electron chi connectivity index (χ3n) is 8.20. The summed E-state index contributed by atoms with van der Waals surface area (Å²) in [6.07, 6.45) is 6.75. The number of tetrazole rings is 1. The van der Waals surface area contributed by atoms with E-state index in [4.69, 9.17) is 27.9 Å². The maximum Gasteiger partial charge on any atom is 0.408 e. The summed E-state index contributed by atoms with van der Waals surface area (Å²) in [7, 11) is 0. The average Bonchev–Trinajstić information content (AvgIpc) is 3.26. The van der Waals surface area contributed by atoms with Gasteiger partial charge < -0.3 is 25.4 Å². The second kappa shape index (κ2) is 13.0. The van der Waals surface area contributed by atoms with Crippen LogP contribution in [0.2, 0.25) is 10.0 Å². The third kappa shape index (κ3) is 7.58. The van der Waals surface area contributed by atoms with Gasteiger partial charge in [-0.25, -0.2) is 9.59 Å². The number of benzene rings is 1. The maximum absolute atomic E-state index is 14.1. The molecule has 3 heterocycles. The van der Waals surface area contributed by atoms with E-state index in [1.165, 1.54) is 9.70 Å². The number of alkyl carbamates (subject to hydrolysis) is 1. The average molecular weight is 663 g/mol. The summed E-state index contributed by atoms with van der Waals surface area (Å²) in [6, 6.07) is 2.27. The summed E-state index contributed by atoms with van der Waals surface area (Å²) >= 11 is 12.3. The lowest BCUT2D eigenvalue weighted by atomic mass is 10.0. The Balaban J connectivity index is 1.45. The summed E-state index contributed by atoms with van der Waals surface area (Å²) in [5.74, 6) is -2.31. The molecule has 242 valence electrons. The number of rotatable bonds is 4. The minimum Gasteiger partial charge on any atom is -0.479 e. The minimum atomic E-state index is -1.45. The summed E-state index contributed by atoms with van der Waals surface area (Å²) < 4.78 is 5.43. The lowest BCUT2D eigenvalue weighted by Crippen LogP contribution is -2.56. The fourth-order valence-corrected chi connectivity index (χ4v) is 6.40. The van der Waals surface area contributed by atoms with Crippen LogP contribution in [0.1, 0.15) is 71.8 Å². The molecule has 1 aromatic heterocycles. The van der Waals surface area contributed by atoms with Crippen LogP contribution in [0.3, 0.4) is 0 Å². The molecule has 13 nitrogen and oxygen atoms in total. The zero-order chi connectivity index (χ0) is 32.5. The Labute approximate surface area is 270 Å². The number of halogens is 2. The molecule has 2 aromatic rings. The van der Waals surface area contributed by atoms with Crippen LogP contribution in [0, 0.1) is 5.92 Å². The molecule has 2 aliphatic heterocycles. The lowest BCUT2D eigenvalue weighted by Gasteiger charge is -2.30. The van der Waals surface area contributed by atoms with E-state index in [9.17, 15) is 24.3 Å². The fraction of sp³-hybridized carbons (Fsp3) is 0.567. The van der Waals surface area contributed by atoms with Gasteiger partial charge in [-0.3, -0.25) is 9.59 Å². The molecule has 1 aromatic carbocycles. The van der Waals surface area contributed by atoms with E-state index < -0.39 is 53.1 Å². The first-order valence-corrected chi connectivity index (χ1v) is 15.8. The first-order chi connectivity index (χ1) is 21.3. The van der Waals surface area contributed by atoms with Gasteiger partial charge >= 0.3 is 12.1 Å². The molecule has 0 radical (unpaired) electrons. The molecule has 45 heavy (non-hydrogen) atoms. The number of hydrogen-bond acceptors (Lipinski definition) is 8. The van der Waals surface area contributed by atoms with Crippen LogP contribution in [0.5, 0.6) is 0 Å². The number of nitrogens with zero attached hydrogens (tertiary/aromatic N) is 5. The number of nitrogens with one attached hydrogen (secondary N) is 2. The van der Waals surface area contributed by atoms with E-state index in [1.807, 2.05) is 12.2 Å². The molecule has 0 unspecified atom stereocenters. The predicted molar refractivity (Wildman–Crippen MR) is 164 cm³/mol. The van der Waals surface area contributed by atoms with Gasteiger partial charge in [-0.05, 0) is 69.9 Å². The van der Waals surface area contributed by atoms with Crippen molar-refractivity contribution in [3.8, 4) is 11.4 Å². The third-order valence-corrected chi connectivity index (χ3v) is 8.64. The highest BCUT2D eigenvalue weighted by Gasteiger charge is 2.61. The highest BCUT2D eigenvalue weighted by atomic mass is 35.5. The predicted octanol–water partition coefficient (Wildman–Crippen LogP) is 4.16. The van der Waals surface area contributed by atoms with Crippen LogP contribution >= 0.6 is 23.2 Å². The molecular formula is C30H37Cl2N7O6. The normalized spacial score (nSPS) is 28.2. The van der Waals surface area contributed by atoms with Crippen LogP contribution in [-0.2, 0) is 19.1 Å². The second-order valence-corrected chi connectivity index (χ2v) is 13.7. The van der Waals surface area contributed by atoms with Crippen molar-refractivity contribution in [2.45, 2.75) is 95.0 Å². The summed E-state index contributed by atoms with van der Waals surface area (Å²) in [6.45, 7) is 5.21. The van der Waals surface area contributed by atoms with Crippen molar-refractivity contribution in [3.05, 3.63) is 40.4 Å².